The number of carbonyl (C=O) groups excluding carboxylic acids is 1. The van der Waals surface area contributed by atoms with Crippen LogP contribution in [0.25, 0.3) is 0 Å². The number of benzene rings is 1. The molecule has 0 unspecified atom stereocenters. The van der Waals surface area contributed by atoms with Crippen LogP contribution in [0, 0.1) is 17.3 Å². The first kappa shape index (κ1) is 18.7. The summed E-state index contributed by atoms with van der Waals surface area (Å²) < 4.78 is 1.03. The highest BCUT2D eigenvalue weighted by molar-refractivity contribution is 8.00. The first-order valence-electron chi connectivity index (χ1n) is 7.72. The molecule has 0 aliphatic heterocycles. The van der Waals surface area contributed by atoms with Crippen LogP contribution in [0.1, 0.15) is 19.4 Å². The Morgan fingerprint density at radius 3 is 2.72 bits per heavy atom. The van der Waals surface area contributed by atoms with Crippen LogP contribution in [0.5, 0.6) is 0 Å². The number of hydrogen-bond donors (Lipinski definition) is 1. The molecule has 0 spiro atoms. The highest BCUT2D eigenvalue weighted by atomic mass is 35.5. The second-order valence-corrected chi connectivity index (χ2v) is 9.63. The van der Waals surface area contributed by atoms with Crippen LogP contribution in [0.15, 0.2) is 45.2 Å². The summed E-state index contributed by atoms with van der Waals surface area (Å²) in [4.78, 5) is 12.5. The lowest BCUT2D eigenvalue weighted by Gasteiger charge is -2.01. The van der Waals surface area contributed by atoms with Gasteiger partial charge < -0.3 is 5.32 Å². The van der Waals surface area contributed by atoms with E-state index >= 15 is 0 Å². The number of nitrogens with zero attached hydrogens (tertiary/aromatic N) is 2. The molecule has 8 heteroatoms. The standard InChI is InChI=1S/C17H17Cl2N3OS2/c1-17(2)11(8-12(18)19)13(17)14(23)20-15-21-22-16(25-15)24-9-10-6-4-3-5-7-10/h3-8,11,13H,9H2,1-2H3,(H,20,21,23)/t11-,13+/m1/s1. The van der Waals surface area contributed by atoms with Gasteiger partial charge in [-0.1, -0.05) is 90.5 Å². The summed E-state index contributed by atoms with van der Waals surface area (Å²) in [6.45, 7) is 4.05. The Hall–Kier alpha value is -1.08. The highest BCUT2D eigenvalue weighted by Crippen LogP contribution is 2.60. The number of amides is 1. The molecule has 132 valence electrons. The van der Waals surface area contributed by atoms with Crippen LogP contribution < -0.4 is 5.32 Å². The van der Waals surface area contributed by atoms with Gasteiger partial charge in [-0.3, -0.25) is 4.79 Å². The molecule has 1 aromatic carbocycles. The number of aromatic nitrogens is 2. The number of nitrogens with one attached hydrogen (secondary N) is 1. The van der Waals surface area contributed by atoms with Crippen molar-refractivity contribution < 1.29 is 4.79 Å². The van der Waals surface area contributed by atoms with Crippen LogP contribution in [-0.4, -0.2) is 16.1 Å². The molecule has 1 fully saturated rings. The molecule has 1 aliphatic rings. The van der Waals surface area contributed by atoms with E-state index in [0.717, 1.165) is 10.1 Å². The maximum Gasteiger partial charge on any atom is 0.230 e. The topological polar surface area (TPSA) is 54.9 Å². The molecule has 0 radical (unpaired) electrons. The van der Waals surface area contributed by atoms with Crippen molar-refractivity contribution in [2.45, 2.75) is 23.9 Å². The molecule has 1 N–H and O–H groups in total. The Balaban J connectivity index is 1.56. The van der Waals surface area contributed by atoms with E-state index in [1.807, 2.05) is 32.0 Å². The minimum absolute atomic E-state index is 0.0392. The molecule has 1 saturated carbocycles. The average Bonchev–Trinajstić information content (AvgIpc) is 2.90. The summed E-state index contributed by atoms with van der Waals surface area (Å²) in [6, 6.07) is 10.2. The Kier molecular flexibility index (Phi) is 5.73. The summed E-state index contributed by atoms with van der Waals surface area (Å²) in [6.07, 6.45) is 1.73. The van der Waals surface area contributed by atoms with Gasteiger partial charge in [-0.2, -0.15) is 0 Å². The van der Waals surface area contributed by atoms with Gasteiger partial charge in [0.05, 0.1) is 5.92 Å². The summed E-state index contributed by atoms with van der Waals surface area (Å²) in [7, 11) is 0. The van der Waals surface area contributed by atoms with Crippen LogP contribution in [0.3, 0.4) is 0 Å². The lowest BCUT2D eigenvalue weighted by Crippen LogP contribution is -2.16. The smallest absolute Gasteiger partial charge is 0.230 e. The number of anilines is 1. The van der Waals surface area contributed by atoms with Gasteiger partial charge in [-0.25, -0.2) is 0 Å². The number of halogens is 2. The largest absolute Gasteiger partial charge is 0.300 e. The third kappa shape index (κ3) is 4.56. The van der Waals surface area contributed by atoms with Gasteiger partial charge in [0, 0.05) is 5.75 Å². The number of carbonyl (C=O) groups is 1. The first-order chi connectivity index (χ1) is 11.9. The third-order valence-electron chi connectivity index (χ3n) is 4.34. The summed E-state index contributed by atoms with van der Waals surface area (Å²) >= 11 is 14.4. The summed E-state index contributed by atoms with van der Waals surface area (Å²) in [5.41, 5.74) is 1.06. The number of thioether (sulfide) groups is 1. The van der Waals surface area contributed by atoms with E-state index in [2.05, 4.69) is 27.6 Å². The van der Waals surface area contributed by atoms with Crippen molar-refractivity contribution in [3.8, 4) is 0 Å². The highest BCUT2D eigenvalue weighted by Gasteiger charge is 2.60. The zero-order valence-corrected chi connectivity index (χ0v) is 16.8. The van der Waals surface area contributed by atoms with E-state index in [1.54, 1.807) is 17.8 Å². The van der Waals surface area contributed by atoms with E-state index in [1.165, 1.54) is 16.9 Å². The lowest BCUT2D eigenvalue weighted by atomic mass is 10.1. The van der Waals surface area contributed by atoms with Crippen LogP contribution in [0.4, 0.5) is 5.13 Å². The Labute approximate surface area is 165 Å². The monoisotopic (exact) mass is 413 g/mol. The number of allylic oxidation sites excluding steroid dienone is 1. The van der Waals surface area contributed by atoms with Gasteiger partial charge in [0.25, 0.3) is 0 Å². The fraction of sp³-hybridized carbons (Fsp3) is 0.353. The molecule has 3 rings (SSSR count). The molecule has 0 saturated heterocycles. The third-order valence-corrected chi connectivity index (χ3v) is 6.64. The van der Waals surface area contributed by atoms with Gasteiger partial charge in [0.1, 0.15) is 4.49 Å². The van der Waals surface area contributed by atoms with Crippen molar-refractivity contribution in [1.82, 2.24) is 10.2 Å². The molecule has 1 aromatic heterocycles. The quantitative estimate of drug-likeness (QED) is 0.511. The maximum atomic E-state index is 12.5. The summed E-state index contributed by atoms with van der Waals surface area (Å²) in [5, 5.41) is 11.6. The molecule has 1 amide bonds. The predicted octanol–water partition coefficient (Wildman–Crippen LogP) is 5.36. The lowest BCUT2D eigenvalue weighted by molar-refractivity contribution is -0.118. The van der Waals surface area contributed by atoms with Crippen molar-refractivity contribution in [2.24, 2.45) is 17.3 Å². The molecule has 2 atom stereocenters. The molecule has 1 heterocycles. The predicted molar refractivity (Wildman–Crippen MR) is 105 cm³/mol. The van der Waals surface area contributed by atoms with Crippen molar-refractivity contribution in [1.29, 1.82) is 0 Å². The van der Waals surface area contributed by atoms with E-state index in [-0.39, 0.29) is 27.6 Å². The van der Waals surface area contributed by atoms with Crippen molar-refractivity contribution >= 4 is 57.3 Å². The van der Waals surface area contributed by atoms with Crippen LogP contribution in [-0.2, 0) is 10.5 Å². The van der Waals surface area contributed by atoms with Crippen LogP contribution >= 0.6 is 46.3 Å². The molecule has 0 bridgehead atoms. The number of rotatable bonds is 6. The fourth-order valence-corrected chi connectivity index (χ4v) is 4.83. The molecule has 2 aromatic rings. The van der Waals surface area contributed by atoms with Gasteiger partial charge in [-0.05, 0) is 23.0 Å². The molecular formula is C17H17Cl2N3OS2. The maximum absolute atomic E-state index is 12.5. The van der Waals surface area contributed by atoms with Crippen molar-refractivity contribution in [3.05, 3.63) is 46.5 Å². The first-order valence-corrected chi connectivity index (χ1v) is 10.3. The van der Waals surface area contributed by atoms with Gasteiger partial charge in [0.15, 0.2) is 4.34 Å². The number of hydrogen-bond acceptors (Lipinski definition) is 5. The zero-order valence-electron chi connectivity index (χ0n) is 13.7. The van der Waals surface area contributed by atoms with Crippen LogP contribution in [0.2, 0.25) is 0 Å². The minimum atomic E-state index is -0.163. The Bertz CT molecular complexity index is 788. The SMILES string of the molecule is CC1(C)[C@H](C=C(Cl)Cl)[C@H]1C(=O)Nc1nnc(SCc2ccccc2)s1. The molecule has 4 nitrogen and oxygen atoms in total. The Morgan fingerprint density at radius 1 is 1.32 bits per heavy atom. The van der Waals surface area contributed by atoms with Gasteiger partial charge >= 0.3 is 0 Å². The van der Waals surface area contributed by atoms with Gasteiger partial charge in [0.2, 0.25) is 11.0 Å². The second-order valence-electron chi connectivity index (χ2n) is 6.42. The van der Waals surface area contributed by atoms with E-state index in [9.17, 15) is 4.79 Å². The Morgan fingerprint density at radius 2 is 2.04 bits per heavy atom. The van der Waals surface area contributed by atoms with E-state index in [0.29, 0.717) is 5.13 Å². The molecule has 25 heavy (non-hydrogen) atoms. The average molecular weight is 414 g/mol. The normalized spacial score (nSPS) is 20.8. The van der Waals surface area contributed by atoms with E-state index in [4.69, 9.17) is 23.2 Å². The van der Waals surface area contributed by atoms with Crippen molar-refractivity contribution in [3.63, 3.8) is 0 Å². The van der Waals surface area contributed by atoms with Crippen molar-refractivity contribution in [2.75, 3.05) is 5.32 Å². The zero-order chi connectivity index (χ0) is 18.0. The molecular weight excluding hydrogens is 397 g/mol. The van der Waals surface area contributed by atoms with E-state index < -0.39 is 0 Å². The van der Waals surface area contributed by atoms with Gasteiger partial charge in [-0.15, -0.1) is 10.2 Å². The fourth-order valence-electron chi connectivity index (χ4n) is 2.85. The second kappa shape index (κ2) is 7.66. The summed E-state index contributed by atoms with van der Waals surface area (Å²) in [5.74, 6) is 0.624. The minimum Gasteiger partial charge on any atom is -0.300 e. The molecule has 1 aliphatic carbocycles.